The Hall–Kier alpha value is -4.00. The van der Waals surface area contributed by atoms with Crippen molar-refractivity contribution in [3.8, 4) is 35.8 Å². The van der Waals surface area contributed by atoms with Crippen molar-refractivity contribution < 1.29 is 0 Å². The molecule has 29 heavy (non-hydrogen) atoms. The van der Waals surface area contributed by atoms with Gasteiger partial charge in [0, 0.05) is 11.1 Å². The fraction of sp³-hybridized carbons (Fsp3) is 0.0345. The second-order valence-electron chi connectivity index (χ2n) is 7.29. The summed E-state index contributed by atoms with van der Waals surface area (Å²) in [4.78, 5) is 0. The molecule has 134 valence electrons. The van der Waals surface area contributed by atoms with E-state index >= 15 is 0 Å². The third kappa shape index (κ3) is 2.37. The molecule has 0 nitrogen and oxygen atoms in total. The molecule has 0 atom stereocenters. The summed E-state index contributed by atoms with van der Waals surface area (Å²) >= 11 is 0. The first kappa shape index (κ1) is 17.1. The van der Waals surface area contributed by atoms with Gasteiger partial charge < -0.3 is 0 Å². The Bertz CT molecular complexity index is 1190. The van der Waals surface area contributed by atoms with Crippen molar-refractivity contribution in [3.63, 3.8) is 0 Å². The zero-order valence-corrected chi connectivity index (χ0v) is 15.9. The lowest BCUT2D eigenvalue weighted by molar-refractivity contribution is 0.768. The van der Waals surface area contributed by atoms with Crippen LogP contribution < -0.4 is 0 Å². The Balaban J connectivity index is 2.00. The van der Waals surface area contributed by atoms with Crippen LogP contribution in [0.2, 0.25) is 0 Å². The van der Waals surface area contributed by atoms with Crippen molar-refractivity contribution in [1.82, 2.24) is 0 Å². The van der Waals surface area contributed by atoms with E-state index in [1.165, 1.54) is 33.4 Å². The van der Waals surface area contributed by atoms with Crippen molar-refractivity contribution >= 4 is 0 Å². The number of terminal acetylenes is 2. The van der Waals surface area contributed by atoms with E-state index in [1.54, 1.807) is 0 Å². The van der Waals surface area contributed by atoms with E-state index in [-0.39, 0.29) is 0 Å². The predicted octanol–water partition coefficient (Wildman–Crippen LogP) is 6.01. The first-order valence-corrected chi connectivity index (χ1v) is 9.62. The summed E-state index contributed by atoms with van der Waals surface area (Å²) in [6.07, 6.45) is 11.6. The molecule has 1 aliphatic rings. The number of fused-ring (bicyclic) bond motifs is 3. The molecule has 0 spiro atoms. The summed E-state index contributed by atoms with van der Waals surface area (Å²) in [7, 11) is 0. The van der Waals surface area contributed by atoms with Crippen molar-refractivity contribution in [2.24, 2.45) is 0 Å². The zero-order chi connectivity index (χ0) is 19.8. The van der Waals surface area contributed by atoms with Crippen LogP contribution in [0.1, 0.15) is 33.4 Å². The lowest BCUT2D eigenvalue weighted by Gasteiger charge is -2.34. The van der Waals surface area contributed by atoms with Crippen LogP contribution in [0, 0.1) is 24.7 Å². The minimum Gasteiger partial charge on any atom is -0.115 e. The molecular formula is C29H18. The molecule has 0 aliphatic heterocycles. The lowest BCUT2D eigenvalue weighted by Crippen LogP contribution is -2.28. The predicted molar refractivity (Wildman–Crippen MR) is 120 cm³/mol. The van der Waals surface area contributed by atoms with Crippen molar-refractivity contribution in [2.45, 2.75) is 5.41 Å². The van der Waals surface area contributed by atoms with Gasteiger partial charge in [0.25, 0.3) is 0 Å². The van der Waals surface area contributed by atoms with Crippen LogP contribution in [0.25, 0.3) is 11.1 Å². The quantitative estimate of drug-likeness (QED) is 0.336. The van der Waals surface area contributed by atoms with E-state index < -0.39 is 5.41 Å². The van der Waals surface area contributed by atoms with E-state index in [4.69, 9.17) is 12.8 Å². The first-order valence-electron chi connectivity index (χ1n) is 9.62. The number of benzene rings is 4. The van der Waals surface area contributed by atoms with Gasteiger partial charge in [0.2, 0.25) is 0 Å². The van der Waals surface area contributed by atoms with Crippen LogP contribution >= 0.6 is 0 Å². The van der Waals surface area contributed by atoms with Gasteiger partial charge in [-0.15, -0.1) is 12.8 Å². The molecule has 1 aliphatic carbocycles. The molecule has 4 aromatic carbocycles. The highest BCUT2D eigenvalue weighted by molar-refractivity contribution is 5.87. The van der Waals surface area contributed by atoms with Crippen LogP contribution in [0.3, 0.4) is 0 Å². The standard InChI is InChI=1S/C29H18/c1-3-21-15-17-25-26-18-16-22(4-2)20-28(26)29(27(25)19-21,23-11-7-5-8-12-23)24-13-9-6-10-14-24/h1-2,5-20H. The Morgan fingerprint density at radius 1 is 0.517 bits per heavy atom. The highest BCUT2D eigenvalue weighted by atomic mass is 14.5. The molecule has 0 heterocycles. The maximum atomic E-state index is 5.78. The van der Waals surface area contributed by atoms with E-state index in [0.717, 1.165) is 11.1 Å². The van der Waals surface area contributed by atoms with Crippen LogP contribution in [0.15, 0.2) is 97.1 Å². The molecule has 0 aromatic heterocycles. The summed E-state index contributed by atoms with van der Waals surface area (Å²) in [5, 5.41) is 0. The Morgan fingerprint density at radius 2 is 0.931 bits per heavy atom. The lowest BCUT2D eigenvalue weighted by atomic mass is 9.67. The fourth-order valence-electron chi connectivity index (χ4n) is 4.67. The number of hydrogen-bond donors (Lipinski definition) is 0. The molecule has 0 unspecified atom stereocenters. The fourth-order valence-corrected chi connectivity index (χ4v) is 4.67. The van der Waals surface area contributed by atoms with Gasteiger partial charge in [0.05, 0.1) is 5.41 Å². The van der Waals surface area contributed by atoms with Crippen LogP contribution in [0.4, 0.5) is 0 Å². The number of rotatable bonds is 2. The maximum absolute atomic E-state index is 5.78. The van der Waals surface area contributed by atoms with Gasteiger partial charge in [-0.2, -0.15) is 0 Å². The van der Waals surface area contributed by atoms with Gasteiger partial charge in [-0.1, -0.05) is 84.6 Å². The highest BCUT2D eigenvalue weighted by Crippen LogP contribution is 2.56. The molecule has 0 fully saturated rings. The monoisotopic (exact) mass is 366 g/mol. The summed E-state index contributed by atoms with van der Waals surface area (Å²) in [6.45, 7) is 0. The minimum atomic E-state index is -0.465. The van der Waals surface area contributed by atoms with Gasteiger partial charge in [0.1, 0.15) is 0 Å². The third-order valence-electron chi connectivity index (χ3n) is 5.88. The van der Waals surface area contributed by atoms with Gasteiger partial charge in [0.15, 0.2) is 0 Å². The molecule has 0 radical (unpaired) electrons. The number of hydrogen-bond acceptors (Lipinski definition) is 0. The molecule has 0 saturated carbocycles. The summed E-state index contributed by atoms with van der Waals surface area (Å²) < 4.78 is 0. The van der Waals surface area contributed by atoms with Crippen molar-refractivity contribution in [3.05, 3.63) is 130 Å². The second-order valence-corrected chi connectivity index (χ2v) is 7.29. The molecule has 0 saturated heterocycles. The minimum absolute atomic E-state index is 0.465. The molecule has 4 aromatic rings. The van der Waals surface area contributed by atoms with Crippen LogP contribution in [0.5, 0.6) is 0 Å². The van der Waals surface area contributed by atoms with Gasteiger partial charge in [-0.3, -0.25) is 0 Å². The molecule has 0 N–H and O–H groups in total. The molecular weight excluding hydrogens is 348 g/mol. The van der Waals surface area contributed by atoms with E-state index in [0.29, 0.717) is 0 Å². The zero-order valence-electron chi connectivity index (χ0n) is 15.9. The van der Waals surface area contributed by atoms with E-state index in [2.05, 4.69) is 96.8 Å². The van der Waals surface area contributed by atoms with Gasteiger partial charge in [-0.25, -0.2) is 0 Å². The Labute approximate surface area is 171 Å². The normalized spacial score (nSPS) is 13.0. The average molecular weight is 366 g/mol. The van der Waals surface area contributed by atoms with Crippen LogP contribution in [-0.4, -0.2) is 0 Å². The van der Waals surface area contributed by atoms with Crippen molar-refractivity contribution in [1.29, 1.82) is 0 Å². The van der Waals surface area contributed by atoms with Gasteiger partial charge >= 0.3 is 0 Å². The molecule has 0 heteroatoms. The summed E-state index contributed by atoms with van der Waals surface area (Å²) in [5.74, 6) is 5.63. The summed E-state index contributed by atoms with van der Waals surface area (Å²) in [6, 6.07) is 33.9. The Morgan fingerprint density at radius 3 is 1.31 bits per heavy atom. The SMILES string of the molecule is C#Cc1ccc2c(c1)C(c1ccccc1)(c1ccccc1)c1cc(C#C)ccc1-2. The second kappa shape index (κ2) is 6.56. The van der Waals surface area contributed by atoms with E-state index in [1.807, 2.05) is 12.1 Å². The first-order chi connectivity index (χ1) is 14.3. The molecule has 0 amide bonds. The topological polar surface area (TPSA) is 0 Å². The average Bonchev–Trinajstić information content (AvgIpc) is 3.09. The highest BCUT2D eigenvalue weighted by Gasteiger charge is 2.46. The largest absolute Gasteiger partial charge is 0.115 e. The third-order valence-corrected chi connectivity index (χ3v) is 5.88. The molecule has 5 rings (SSSR count). The smallest absolute Gasteiger partial charge is 0.0714 e. The maximum Gasteiger partial charge on any atom is 0.0714 e. The summed E-state index contributed by atoms with van der Waals surface area (Å²) in [5.41, 5.74) is 8.51. The van der Waals surface area contributed by atoms with Crippen molar-refractivity contribution in [2.75, 3.05) is 0 Å². The van der Waals surface area contributed by atoms with E-state index in [9.17, 15) is 0 Å². The van der Waals surface area contributed by atoms with Crippen LogP contribution in [-0.2, 0) is 5.41 Å². The van der Waals surface area contributed by atoms with Gasteiger partial charge in [-0.05, 0) is 57.6 Å². The Kier molecular flexibility index (Phi) is 3.87. The molecule has 0 bridgehead atoms.